The first-order valence-corrected chi connectivity index (χ1v) is 7.54. The lowest BCUT2D eigenvalue weighted by Gasteiger charge is -2.08. The van der Waals surface area contributed by atoms with Crippen LogP contribution in [0.1, 0.15) is 28.4 Å². The summed E-state index contributed by atoms with van der Waals surface area (Å²) in [4.78, 5) is 27.5. The molecule has 0 atom stereocenters. The predicted octanol–water partition coefficient (Wildman–Crippen LogP) is 3.13. The number of Topliss-reactive ketones (excluding diaryl/α,β-unsaturated/α-hetero) is 1. The minimum absolute atomic E-state index is 0.0522. The molecule has 28 heavy (non-hydrogen) atoms. The van der Waals surface area contributed by atoms with Gasteiger partial charge in [-0.25, -0.2) is 0 Å². The lowest BCUT2D eigenvalue weighted by molar-refractivity contribution is -0.141. The molecule has 3 rings (SSSR count). The summed E-state index contributed by atoms with van der Waals surface area (Å²) in [5.74, 6) is -1.97. The Bertz CT molecular complexity index is 1070. The molecule has 0 N–H and O–H groups in total. The molecular weight excluding hydrogens is 391 g/mol. The van der Waals surface area contributed by atoms with Gasteiger partial charge in [-0.1, -0.05) is 0 Å². The number of alkyl halides is 5. The van der Waals surface area contributed by atoms with E-state index in [1.165, 1.54) is 6.07 Å². The number of rotatable bonds is 5. The molecule has 12 heteroatoms. The van der Waals surface area contributed by atoms with Gasteiger partial charge in [-0.15, -0.1) is 10.2 Å². The normalized spacial score (nSPS) is 11.8. The van der Waals surface area contributed by atoms with E-state index in [0.717, 1.165) is 29.1 Å². The zero-order valence-corrected chi connectivity index (χ0v) is 13.7. The Morgan fingerprint density at radius 1 is 1.18 bits per heavy atom. The molecule has 3 aromatic heterocycles. The SMILES string of the molecule is O=C(Cn1ccc(-c2nnc(C(F)F)o2)cc1=O)c1ccnc(C(F)(F)F)c1. The summed E-state index contributed by atoms with van der Waals surface area (Å²) in [5.41, 5.74) is -2.16. The highest BCUT2D eigenvalue weighted by molar-refractivity contribution is 5.95. The van der Waals surface area contributed by atoms with Crippen LogP contribution in [0.2, 0.25) is 0 Å². The summed E-state index contributed by atoms with van der Waals surface area (Å²) in [5, 5.41) is 6.53. The second-order valence-corrected chi connectivity index (χ2v) is 5.48. The quantitative estimate of drug-likeness (QED) is 0.483. The summed E-state index contributed by atoms with van der Waals surface area (Å²) >= 11 is 0. The molecule has 0 amide bonds. The average Bonchev–Trinajstić information content (AvgIpc) is 3.13. The molecule has 0 radical (unpaired) electrons. The third-order valence-electron chi connectivity index (χ3n) is 3.56. The number of halogens is 5. The topological polar surface area (TPSA) is 90.9 Å². The third kappa shape index (κ3) is 4.10. The van der Waals surface area contributed by atoms with Crippen LogP contribution in [0, 0.1) is 0 Å². The highest BCUT2D eigenvalue weighted by atomic mass is 19.4. The van der Waals surface area contributed by atoms with Crippen molar-refractivity contribution in [1.29, 1.82) is 0 Å². The van der Waals surface area contributed by atoms with Crippen LogP contribution >= 0.6 is 0 Å². The van der Waals surface area contributed by atoms with Gasteiger partial charge in [0.25, 0.3) is 11.4 Å². The van der Waals surface area contributed by atoms with Gasteiger partial charge >= 0.3 is 12.6 Å². The minimum atomic E-state index is -4.71. The number of carbonyl (C=O) groups excluding carboxylic acids is 1. The summed E-state index contributed by atoms with van der Waals surface area (Å²) in [6.45, 7) is -0.535. The summed E-state index contributed by atoms with van der Waals surface area (Å²) in [6.07, 6.45) is -5.68. The third-order valence-corrected chi connectivity index (χ3v) is 3.56. The number of pyridine rings is 2. The van der Waals surface area contributed by atoms with E-state index >= 15 is 0 Å². The van der Waals surface area contributed by atoms with Crippen LogP contribution in [0.5, 0.6) is 0 Å². The average molecular weight is 400 g/mol. The molecule has 0 saturated carbocycles. The van der Waals surface area contributed by atoms with Gasteiger partial charge in [-0.2, -0.15) is 22.0 Å². The fraction of sp³-hybridized carbons (Fsp3) is 0.188. The van der Waals surface area contributed by atoms with Crippen LogP contribution in [0.25, 0.3) is 11.5 Å². The maximum Gasteiger partial charge on any atom is 0.433 e. The predicted molar refractivity (Wildman–Crippen MR) is 82.5 cm³/mol. The molecule has 3 aromatic rings. The molecule has 0 aliphatic rings. The van der Waals surface area contributed by atoms with Crippen LogP contribution in [-0.2, 0) is 12.7 Å². The second kappa shape index (κ2) is 7.29. The van der Waals surface area contributed by atoms with Gasteiger partial charge < -0.3 is 8.98 Å². The fourth-order valence-electron chi connectivity index (χ4n) is 2.22. The van der Waals surface area contributed by atoms with Crippen molar-refractivity contribution in [3.05, 3.63) is 64.2 Å². The molecule has 7 nitrogen and oxygen atoms in total. The van der Waals surface area contributed by atoms with Gasteiger partial charge in [0.1, 0.15) is 5.69 Å². The standard InChI is InChI=1S/C16H9F5N4O3/c17-13(18)15-24-23-14(28-15)9-2-4-25(12(27)6-9)7-10(26)8-1-3-22-11(5-8)16(19,20)21/h1-6,13H,7H2. The highest BCUT2D eigenvalue weighted by Crippen LogP contribution is 2.28. The Kier molecular flexibility index (Phi) is 5.03. The zero-order valence-electron chi connectivity index (χ0n) is 13.7. The van der Waals surface area contributed by atoms with Crippen LogP contribution in [-0.4, -0.2) is 25.5 Å². The molecule has 0 fully saturated rings. The molecule has 0 aliphatic heterocycles. The van der Waals surface area contributed by atoms with E-state index in [4.69, 9.17) is 4.42 Å². The van der Waals surface area contributed by atoms with Gasteiger partial charge in [-0.3, -0.25) is 14.6 Å². The number of carbonyl (C=O) groups is 1. The molecule has 0 spiro atoms. The first kappa shape index (κ1) is 19.3. The highest BCUT2D eigenvalue weighted by Gasteiger charge is 2.33. The van der Waals surface area contributed by atoms with Crippen molar-refractivity contribution in [1.82, 2.24) is 19.7 Å². The van der Waals surface area contributed by atoms with E-state index < -0.39 is 42.1 Å². The van der Waals surface area contributed by atoms with E-state index in [-0.39, 0.29) is 17.0 Å². The van der Waals surface area contributed by atoms with E-state index in [1.54, 1.807) is 0 Å². The maximum atomic E-state index is 12.7. The number of hydrogen-bond acceptors (Lipinski definition) is 6. The number of hydrogen-bond donors (Lipinski definition) is 0. The summed E-state index contributed by atoms with van der Waals surface area (Å²) in [7, 11) is 0. The van der Waals surface area contributed by atoms with Crippen molar-refractivity contribution in [3.8, 4) is 11.5 Å². The first-order valence-electron chi connectivity index (χ1n) is 7.54. The minimum Gasteiger partial charge on any atom is -0.415 e. The van der Waals surface area contributed by atoms with E-state index in [0.29, 0.717) is 6.07 Å². The first-order chi connectivity index (χ1) is 13.1. The lowest BCUT2D eigenvalue weighted by atomic mass is 10.1. The van der Waals surface area contributed by atoms with E-state index in [1.807, 2.05) is 0 Å². The van der Waals surface area contributed by atoms with Gasteiger partial charge in [0, 0.05) is 29.6 Å². The Labute approximate surface area is 152 Å². The number of nitrogens with zero attached hydrogens (tertiary/aromatic N) is 4. The number of ketones is 1. The van der Waals surface area contributed by atoms with Crippen molar-refractivity contribution in [2.75, 3.05) is 0 Å². The Morgan fingerprint density at radius 3 is 2.54 bits per heavy atom. The molecule has 0 bridgehead atoms. The monoisotopic (exact) mass is 400 g/mol. The van der Waals surface area contributed by atoms with Crippen molar-refractivity contribution in [2.45, 2.75) is 19.1 Å². The van der Waals surface area contributed by atoms with E-state index in [2.05, 4.69) is 15.2 Å². The van der Waals surface area contributed by atoms with Crippen molar-refractivity contribution < 1.29 is 31.2 Å². The summed E-state index contributed by atoms with van der Waals surface area (Å²) in [6, 6.07) is 3.93. The van der Waals surface area contributed by atoms with Crippen LogP contribution in [0.4, 0.5) is 22.0 Å². The summed E-state index contributed by atoms with van der Waals surface area (Å²) < 4.78 is 68.6. The second-order valence-electron chi connectivity index (χ2n) is 5.48. The van der Waals surface area contributed by atoms with Gasteiger partial charge in [-0.05, 0) is 18.2 Å². The van der Waals surface area contributed by atoms with Gasteiger partial charge in [0.2, 0.25) is 5.89 Å². The smallest absolute Gasteiger partial charge is 0.415 e. The zero-order chi connectivity index (χ0) is 20.5. The molecule has 146 valence electrons. The van der Waals surface area contributed by atoms with Crippen molar-refractivity contribution in [3.63, 3.8) is 0 Å². The number of aromatic nitrogens is 4. The van der Waals surface area contributed by atoms with Crippen LogP contribution in [0.15, 0.2) is 45.9 Å². The Balaban J connectivity index is 1.81. The molecule has 0 saturated heterocycles. The Hall–Kier alpha value is -3.44. The molecule has 0 aromatic carbocycles. The van der Waals surface area contributed by atoms with Gasteiger partial charge in [0.15, 0.2) is 5.78 Å². The maximum absolute atomic E-state index is 12.7. The fourth-order valence-corrected chi connectivity index (χ4v) is 2.22. The van der Waals surface area contributed by atoms with Crippen molar-refractivity contribution >= 4 is 5.78 Å². The van der Waals surface area contributed by atoms with Gasteiger partial charge in [0.05, 0.1) is 6.54 Å². The lowest BCUT2D eigenvalue weighted by Crippen LogP contribution is -2.23. The molecule has 0 aliphatic carbocycles. The van der Waals surface area contributed by atoms with Crippen LogP contribution in [0.3, 0.4) is 0 Å². The molecule has 0 unspecified atom stereocenters. The Morgan fingerprint density at radius 2 is 1.93 bits per heavy atom. The molecular formula is C16H9F5N4O3. The largest absolute Gasteiger partial charge is 0.433 e. The van der Waals surface area contributed by atoms with Crippen LogP contribution < -0.4 is 5.56 Å². The molecule has 3 heterocycles. The van der Waals surface area contributed by atoms with Crippen molar-refractivity contribution in [2.24, 2.45) is 0 Å². The van der Waals surface area contributed by atoms with E-state index in [9.17, 15) is 31.5 Å².